The number of rotatable bonds is 6. The van der Waals surface area contributed by atoms with Gasteiger partial charge in [0.1, 0.15) is 5.75 Å². The molecule has 2 aromatic carbocycles. The molecule has 0 unspecified atom stereocenters. The summed E-state index contributed by atoms with van der Waals surface area (Å²) in [6.45, 7) is 4.26. The lowest BCUT2D eigenvalue weighted by Crippen LogP contribution is -2.28. The van der Waals surface area contributed by atoms with E-state index in [9.17, 15) is 9.59 Å². The molecule has 2 aromatic rings. The predicted octanol–water partition coefficient (Wildman–Crippen LogP) is 3.66. The first-order valence-electron chi connectivity index (χ1n) is 12.2. The van der Waals surface area contributed by atoms with Gasteiger partial charge in [0.05, 0.1) is 6.61 Å². The van der Waals surface area contributed by atoms with Crippen molar-refractivity contribution in [2.75, 3.05) is 26.2 Å². The van der Waals surface area contributed by atoms with E-state index in [1.165, 1.54) is 36.9 Å². The minimum Gasteiger partial charge on any atom is -0.493 e. The molecular formula is C27H35N3O3. The summed E-state index contributed by atoms with van der Waals surface area (Å²) in [6, 6.07) is 14.4. The van der Waals surface area contributed by atoms with Crippen molar-refractivity contribution >= 4 is 11.8 Å². The summed E-state index contributed by atoms with van der Waals surface area (Å²) in [5.41, 5.74) is 9.29. The number of hydrogen-bond acceptors (Lipinski definition) is 4. The van der Waals surface area contributed by atoms with E-state index in [0.29, 0.717) is 18.6 Å². The van der Waals surface area contributed by atoms with Gasteiger partial charge in [-0.2, -0.15) is 0 Å². The van der Waals surface area contributed by atoms with E-state index >= 15 is 0 Å². The number of nitrogens with one attached hydrogen (secondary N) is 1. The first-order chi connectivity index (χ1) is 16.1. The minimum absolute atomic E-state index is 0.129. The normalized spacial score (nSPS) is 17.3. The highest BCUT2D eigenvalue weighted by atomic mass is 16.5. The van der Waals surface area contributed by atoms with Gasteiger partial charge in [-0.15, -0.1) is 0 Å². The highest BCUT2D eigenvalue weighted by Gasteiger charge is 2.24. The van der Waals surface area contributed by atoms with Crippen LogP contribution in [-0.2, 0) is 17.8 Å². The number of carbonyl (C=O) groups excluding carboxylic acids is 2. The summed E-state index contributed by atoms with van der Waals surface area (Å²) in [5.74, 6) is 1.09. The zero-order chi connectivity index (χ0) is 23.0. The van der Waals surface area contributed by atoms with E-state index in [1.807, 2.05) is 12.1 Å². The molecule has 1 heterocycles. The summed E-state index contributed by atoms with van der Waals surface area (Å²) in [6.07, 6.45) is 6.94. The van der Waals surface area contributed by atoms with Crippen LogP contribution in [0.15, 0.2) is 42.5 Å². The highest BCUT2D eigenvalue weighted by Crippen LogP contribution is 2.31. The third-order valence-electron chi connectivity index (χ3n) is 6.36. The molecule has 0 saturated heterocycles. The van der Waals surface area contributed by atoms with Crippen LogP contribution in [0.3, 0.4) is 0 Å². The Morgan fingerprint density at radius 2 is 1.91 bits per heavy atom. The Kier molecular flexibility index (Phi) is 8.00. The van der Waals surface area contributed by atoms with Crippen molar-refractivity contribution < 1.29 is 14.3 Å². The second-order valence-electron chi connectivity index (χ2n) is 9.38. The van der Waals surface area contributed by atoms with Gasteiger partial charge in [0.2, 0.25) is 5.91 Å². The summed E-state index contributed by atoms with van der Waals surface area (Å²) in [7, 11) is 0. The lowest BCUT2D eigenvalue weighted by Gasteiger charge is -2.23. The second kappa shape index (κ2) is 11.3. The monoisotopic (exact) mass is 449 g/mol. The SMILES string of the molecule is NC(=O)CCNC(=O)c1ccc2c(c1)Cc1cccc(c1)CN(CC1CC1)CCCCCO2. The van der Waals surface area contributed by atoms with E-state index in [-0.39, 0.29) is 18.9 Å². The van der Waals surface area contributed by atoms with Gasteiger partial charge in [0.25, 0.3) is 5.91 Å². The molecule has 0 spiro atoms. The van der Waals surface area contributed by atoms with Gasteiger partial charge in [-0.05, 0) is 79.5 Å². The summed E-state index contributed by atoms with van der Waals surface area (Å²) in [5, 5.41) is 2.77. The lowest BCUT2D eigenvalue weighted by atomic mass is 9.99. The third kappa shape index (κ3) is 7.32. The van der Waals surface area contributed by atoms with Crippen molar-refractivity contribution in [3.05, 3.63) is 64.7 Å². The maximum atomic E-state index is 12.6. The molecule has 176 valence electrons. The van der Waals surface area contributed by atoms with Crippen LogP contribution >= 0.6 is 0 Å². The molecule has 1 saturated carbocycles. The van der Waals surface area contributed by atoms with Crippen LogP contribution in [0.4, 0.5) is 0 Å². The fraction of sp³-hybridized carbons (Fsp3) is 0.481. The fourth-order valence-corrected chi connectivity index (χ4v) is 4.41. The standard InChI is InChI=1S/C27H35N3O3/c28-26(31)11-12-29-27(32)23-9-10-25-24(17-23)16-21-5-4-6-22(15-21)19-30(18-20-7-8-20)13-2-1-3-14-33-25/h4-6,9-10,15,17,20H,1-3,7-8,11-14,16,18-19H2,(H2,28,31)(H,29,32). The molecule has 4 rings (SSSR count). The molecule has 1 fully saturated rings. The van der Waals surface area contributed by atoms with Crippen molar-refractivity contribution in [3.8, 4) is 5.75 Å². The molecule has 6 heteroatoms. The van der Waals surface area contributed by atoms with Gasteiger partial charge in [0.15, 0.2) is 0 Å². The zero-order valence-electron chi connectivity index (χ0n) is 19.4. The summed E-state index contributed by atoms with van der Waals surface area (Å²) in [4.78, 5) is 26.1. The highest BCUT2D eigenvalue weighted by molar-refractivity contribution is 5.94. The largest absolute Gasteiger partial charge is 0.493 e. The molecule has 0 atom stereocenters. The van der Waals surface area contributed by atoms with Crippen LogP contribution in [0, 0.1) is 5.92 Å². The first kappa shape index (κ1) is 23.3. The van der Waals surface area contributed by atoms with Crippen LogP contribution in [0.5, 0.6) is 5.75 Å². The van der Waals surface area contributed by atoms with E-state index in [1.54, 1.807) is 6.07 Å². The average Bonchev–Trinajstić information content (AvgIpc) is 3.60. The molecular weight excluding hydrogens is 414 g/mol. The van der Waals surface area contributed by atoms with Crippen LogP contribution in [0.1, 0.15) is 65.6 Å². The topological polar surface area (TPSA) is 84.7 Å². The van der Waals surface area contributed by atoms with Crippen LogP contribution in [-0.4, -0.2) is 43.0 Å². The summed E-state index contributed by atoms with van der Waals surface area (Å²) >= 11 is 0. The number of ether oxygens (including phenoxy) is 1. The molecule has 2 aliphatic rings. The Labute approximate surface area is 196 Å². The van der Waals surface area contributed by atoms with Gasteiger partial charge in [-0.1, -0.05) is 24.3 Å². The Morgan fingerprint density at radius 3 is 2.73 bits per heavy atom. The van der Waals surface area contributed by atoms with Crippen molar-refractivity contribution in [1.29, 1.82) is 0 Å². The Morgan fingerprint density at radius 1 is 1.06 bits per heavy atom. The number of nitrogens with zero attached hydrogens (tertiary/aromatic N) is 1. The zero-order valence-corrected chi connectivity index (χ0v) is 19.4. The molecule has 2 amide bonds. The lowest BCUT2D eigenvalue weighted by molar-refractivity contribution is -0.117. The molecule has 0 aromatic heterocycles. The van der Waals surface area contributed by atoms with Crippen molar-refractivity contribution in [1.82, 2.24) is 10.2 Å². The number of carbonyl (C=O) groups is 2. The van der Waals surface area contributed by atoms with Crippen molar-refractivity contribution in [2.45, 2.75) is 51.5 Å². The number of nitrogens with two attached hydrogens (primary N) is 1. The fourth-order valence-electron chi connectivity index (χ4n) is 4.41. The van der Waals surface area contributed by atoms with Gasteiger partial charge in [-0.3, -0.25) is 14.5 Å². The van der Waals surface area contributed by atoms with Crippen LogP contribution in [0.2, 0.25) is 0 Å². The Balaban J connectivity index is 1.53. The van der Waals surface area contributed by atoms with Gasteiger partial charge in [0, 0.05) is 38.0 Å². The first-order valence-corrected chi connectivity index (χ1v) is 12.2. The van der Waals surface area contributed by atoms with Crippen LogP contribution in [0.25, 0.3) is 0 Å². The number of hydrogen-bond donors (Lipinski definition) is 2. The Bertz CT molecular complexity index is 971. The molecule has 2 bridgehead atoms. The van der Waals surface area contributed by atoms with Crippen molar-refractivity contribution in [2.24, 2.45) is 11.7 Å². The molecule has 0 radical (unpaired) electrons. The quantitative estimate of drug-likeness (QED) is 0.705. The van der Waals surface area contributed by atoms with E-state index in [4.69, 9.17) is 10.5 Å². The number of amides is 2. The maximum absolute atomic E-state index is 12.6. The van der Waals surface area contributed by atoms with Gasteiger partial charge >= 0.3 is 0 Å². The second-order valence-corrected chi connectivity index (χ2v) is 9.38. The average molecular weight is 450 g/mol. The molecule has 33 heavy (non-hydrogen) atoms. The van der Waals surface area contributed by atoms with Crippen molar-refractivity contribution in [3.63, 3.8) is 0 Å². The molecule has 3 N–H and O–H groups in total. The summed E-state index contributed by atoms with van der Waals surface area (Å²) < 4.78 is 6.15. The number of benzene rings is 2. The molecule has 6 nitrogen and oxygen atoms in total. The number of fused-ring (bicyclic) bond motifs is 3. The Hall–Kier alpha value is -2.86. The van der Waals surface area contributed by atoms with Gasteiger partial charge < -0.3 is 15.8 Å². The smallest absolute Gasteiger partial charge is 0.251 e. The molecule has 1 aliphatic heterocycles. The van der Waals surface area contributed by atoms with E-state index < -0.39 is 5.91 Å². The van der Waals surface area contributed by atoms with Crippen LogP contribution < -0.4 is 15.8 Å². The molecule has 1 aliphatic carbocycles. The third-order valence-corrected chi connectivity index (χ3v) is 6.36. The predicted molar refractivity (Wildman–Crippen MR) is 129 cm³/mol. The van der Waals surface area contributed by atoms with E-state index in [0.717, 1.165) is 43.2 Å². The maximum Gasteiger partial charge on any atom is 0.251 e. The van der Waals surface area contributed by atoms with Gasteiger partial charge in [-0.25, -0.2) is 0 Å². The number of primary amides is 1. The van der Waals surface area contributed by atoms with E-state index in [2.05, 4.69) is 34.5 Å². The minimum atomic E-state index is -0.427.